The molecular weight excluding hydrogens is 260 g/mol. The number of rotatable bonds is 7. The number of carbonyl (C=O) groups is 3. The SMILES string of the molecule is [2H]C(C)(C)C[C@H](C(=O)NCC(N)=O)N1CCCC1C(N)=O. The van der Waals surface area contributed by atoms with Gasteiger partial charge in [0.05, 0.1) is 18.6 Å². The highest BCUT2D eigenvalue weighted by atomic mass is 16.2. The van der Waals surface area contributed by atoms with Gasteiger partial charge in [-0.1, -0.05) is 13.8 Å². The number of carbonyl (C=O) groups excluding carboxylic acids is 3. The van der Waals surface area contributed by atoms with E-state index in [-0.39, 0.29) is 13.0 Å². The van der Waals surface area contributed by atoms with E-state index in [0.717, 1.165) is 6.42 Å². The first-order chi connectivity index (χ1) is 9.61. The molecule has 1 rings (SSSR count). The van der Waals surface area contributed by atoms with Crippen LogP contribution in [0, 0.1) is 5.89 Å². The van der Waals surface area contributed by atoms with Gasteiger partial charge >= 0.3 is 0 Å². The Kier molecular flexibility index (Phi) is 5.34. The summed E-state index contributed by atoms with van der Waals surface area (Å²) in [6, 6.07) is -1.17. The lowest BCUT2D eigenvalue weighted by molar-refractivity contribution is -0.132. The van der Waals surface area contributed by atoms with E-state index in [1.165, 1.54) is 0 Å². The normalized spacial score (nSPS) is 22.1. The van der Waals surface area contributed by atoms with Crippen LogP contribution >= 0.6 is 0 Å². The Balaban J connectivity index is 2.88. The molecule has 1 aliphatic heterocycles. The molecule has 0 bridgehead atoms. The van der Waals surface area contributed by atoms with Gasteiger partial charge in [-0.25, -0.2) is 0 Å². The number of nitrogens with one attached hydrogen (secondary N) is 1. The number of primary amides is 2. The first-order valence-electron chi connectivity index (χ1n) is 7.23. The van der Waals surface area contributed by atoms with Gasteiger partial charge in [0.15, 0.2) is 0 Å². The van der Waals surface area contributed by atoms with Gasteiger partial charge in [-0.05, 0) is 31.7 Å². The van der Waals surface area contributed by atoms with Gasteiger partial charge in [-0.15, -0.1) is 0 Å². The molecule has 20 heavy (non-hydrogen) atoms. The van der Waals surface area contributed by atoms with Crippen LogP contribution in [-0.2, 0) is 14.4 Å². The van der Waals surface area contributed by atoms with Crippen LogP contribution < -0.4 is 16.8 Å². The molecule has 3 amide bonds. The Morgan fingerprint density at radius 1 is 1.40 bits per heavy atom. The number of hydrogen-bond acceptors (Lipinski definition) is 4. The molecule has 1 fully saturated rings. The van der Waals surface area contributed by atoms with Gasteiger partial charge in [0, 0.05) is 1.37 Å². The summed E-state index contributed by atoms with van der Waals surface area (Å²) in [7, 11) is 0. The molecule has 1 heterocycles. The van der Waals surface area contributed by atoms with Crippen LogP contribution in [-0.4, -0.2) is 47.8 Å². The predicted molar refractivity (Wildman–Crippen MR) is 74.4 cm³/mol. The zero-order chi connectivity index (χ0) is 16.2. The maximum atomic E-state index is 12.3. The first-order valence-corrected chi connectivity index (χ1v) is 6.73. The molecule has 0 radical (unpaired) electrons. The Morgan fingerprint density at radius 2 is 2.05 bits per heavy atom. The van der Waals surface area contributed by atoms with Crippen LogP contribution in [0.2, 0.25) is 0 Å². The standard InChI is InChI=1S/C13H24N4O3/c1-8(2)6-10(13(20)16-7-11(14)18)17-5-3-4-9(17)12(15)19/h8-10H,3-7H2,1-2H3,(H2,14,18)(H2,15,19)(H,16,20)/t9?,10-/m1/s1/i8D. The summed E-state index contributed by atoms with van der Waals surface area (Å²) in [4.78, 5) is 36.3. The molecule has 1 aliphatic rings. The zero-order valence-corrected chi connectivity index (χ0v) is 12.0. The molecule has 0 aromatic carbocycles. The minimum absolute atomic E-state index is 0.237. The van der Waals surface area contributed by atoms with Crippen molar-refractivity contribution in [3.8, 4) is 0 Å². The fourth-order valence-corrected chi connectivity index (χ4v) is 2.51. The topological polar surface area (TPSA) is 119 Å². The summed E-state index contributed by atoms with van der Waals surface area (Å²) in [5.74, 6) is -2.36. The summed E-state index contributed by atoms with van der Waals surface area (Å²) in [5, 5.41) is 2.45. The summed E-state index contributed by atoms with van der Waals surface area (Å²) < 4.78 is 7.99. The van der Waals surface area contributed by atoms with E-state index in [2.05, 4.69) is 5.32 Å². The smallest absolute Gasteiger partial charge is 0.237 e. The molecule has 0 spiro atoms. The van der Waals surface area contributed by atoms with Crippen molar-refractivity contribution in [1.82, 2.24) is 10.2 Å². The number of amides is 3. The van der Waals surface area contributed by atoms with Crippen molar-refractivity contribution >= 4 is 17.7 Å². The van der Waals surface area contributed by atoms with Crippen LogP contribution in [0.25, 0.3) is 0 Å². The number of nitrogens with two attached hydrogens (primary N) is 2. The lowest BCUT2D eigenvalue weighted by atomic mass is 10.0. The molecule has 7 nitrogen and oxygen atoms in total. The van der Waals surface area contributed by atoms with E-state index >= 15 is 0 Å². The molecule has 5 N–H and O–H groups in total. The summed E-state index contributed by atoms with van der Waals surface area (Å²) in [5.41, 5.74) is 10.4. The average Bonchev–Trinajstić information content (AvgIpc) is 2.80. The highest BCUT2D eigenvalue weighted by Gasteiger charge is 2.37. The first kappa shape index (κ1) is 14.8. The van der Waals surface area contributed by atoms with Crippen LogP contribution in [0.1, 0.15) is 34.5 Å². The van der Waals surface area contributed by atoms with E-state index in [9.17, 15) is 14.4 Å². The van der Waals surface area contributed by atoms with Crippen LogP contribution in [0.15, 0.2) is 0 Å². The molecular formula is C13H24N4O3. The lowest BCUT2D eigenvalue weighted by Gasteiger charge is -2.31. The number of hydrogen-bond donors (Lipinski definition) is 3. The molecule has 1 unspecified atom stereocenters. The van der Waals surface area contributed by atoms with Crippen LogP contribution in [0.5, 0.6) is 0 Å². The molecule has 0 saturated carbocycles. The molecule has 0 aromatic rings. The summed E-state index contributed by atoms with van der Waals surface area (Å²) >= 11 is 0. The second-order valence-electron chi connectivity index (χ2n) is 5.41. The number of nitrogens with zero attached hydrogens (tertiary/aromatic N) is 1. The average molecular weight is 285 g/mol. The third-order valence-corrected chi connectivity index (χ3v) is 3.36. The van der Waals surface area contributed by atoms with Gasteiger partial charge in [0.2, 0.25) is 17.7 Å². The van der Waals surface area contributed by atoms with Crippen molar-refractivity contribution in [2.45, 2.75) is 45.2 Å². The summed E-state index contributed by atoms with van der Waals surface area (Å²) in [6.07, 6.45) is 1.61. The van der Waals surface area contributed by atoms with Gasteiger partial charge in [-0.2, -0.15) is 0 Å². The third kappa shape index (κ3) is 4.48. The van der Waals surface area contributed by atoms with E-state index < -0.39 is 35.7 Å². The minimum atomic E-state index is -0.848. The maximum absolute atomic E-state index is 12.3. The maximum Gasteiger partial charge on any atom is 0.237 e. The Labute approximate surface area is 120 Å². The van der Waals surface area contributed by atoms with E-state index in [1.807, 2.05) is 0 Å². The van der Waals surface area contributed by atoms with Gasteiger partial charge < -0.3 is 16.8 Å². The van der Waals surface area contributed by atoms with E-state index in [4.69, 9.17) is 12.8 Å². The molecule has 0 aromatic heterocycles. The van der Waals surface area contributed by atoms with Crippen molar-refractivity contribution in [2.75, 3.05) is 13.1 Å². The Morgan fingerprint density at radius 3 is 2.55 bits per heavy atom. The van der Waals surface area contributed by atoms with Crippen molar-refractivity contribution in [2.24, 2.45) is 17.4 Å². The molecule has 1 saturated heterocycles. The van der Waals surface area contributed by atoms with Crippen molar-refractivity contribution in [1.29, 1.82) is 0 Å². The monoisotopic (exact) mass is 285 g/mol. The number of likely N-dealkylation sites (tertiary alicyclic amines) is 1. The van der Waals surface area contributed by atoms with E-state index in [1.54, 1.807) is 18.7 Å². The largest absolute Gasteiger partial charge is 0.368 e. The van der Waals surface area contributed by atoms with Crippen LogP contribution in [0.4, 0.5) is 0 Å². The fourth-order valence-electron chi connectivity index (χ4n) is 2.51. The van der Waals surface area contributed by atoms with Gasteiger partial charge in [0.1, 0.15) is 0 Å². The second kappa shape index (κ2) is 7.23. The highest BCUT2D eigenvalue weighted by Crippen LogP contribution is 2.23. The van der Waals surface area contributed by atoms with Crippen molar-refractivity contribution in [3.63, 3.8) is 0 Å². The van der Waals surface area contributed by atoms with E-state index in [0.29, 0.717) is 13.0 Å². The zero-order valence-electron chi connectivity index (χ0n) is 13.0. The van der Waals surface area contributed by atoms with Gasteiger partial charge in [-0.3, -0.25) is 19.3 Å². The highest BCUT2D eigenvalue weighted by molar-refractivity contribution is 5.88. The van der Waals surface area contributed by atoms with Crippen LogP contribution in [0.3, 0.4) is 0 Å². The Bertz CT molecular complexity index is 422. The molecule has 2 atom stereocenters. The minimum Gasteiger partial charge on any atom is -0.368 e. The molecule has 114 valence electrons. The fraction of sp³-hybridized carbons (Fsp3) is 0.769. The van der Waals surface area contributed by atoms with Gasteiger partial charge in [0.25, 0.3) is 0 Å². The lowest BCUT2D eigenvalue weighted by Crippen LogP contribution is -2.53. The molecule has 0 aliphatic carbocycles. The molecule has 7 heteroatoms. The Hall–Kier alpha value is -1.63. The summed E-state index contributed by atoms with van der Waals surface area (Å²) in [6.45, 7) is 3.69. The van der Waals surface area contributed by atoms with Crippen molar-refractivity contribution in [3.05, 3.63) is 0 Å². The second-order valence-corrected chi connectivity index (χ2v) is 5.41. The quantitative estimate of drug-likeness (QED) is 0.553. The van der Waals surface area contributed by atoms with Crippen molar-refractivity contribution < 1.29 is 15.8 Å². The third-order valence-electron chi connectivity index (χ3n) is 3.36. The predicted octanol–water partition coefficient (Wildman–Crippen LogP) is -1.05.